The van der Waals surface area contributed by atoms with Crippen LogP contribution >= 0.6 is 0 Å². The first-order valence-corrected chi connectivity index (χ1v) is 12.7. The Labute approximate surface area is 216 Å². The number of aromatic nitrogens is 2. The molecule has 8 heteroatoms. The molecule has 1 saturated heterocycles. The topological polar surface area (TPSA) is 52.2 Å². The van der Waals surface area contributed by atoms with Gasteiger partial charge in [-0.05, 0) is 81.3 Å². The van der Waals surface area contributed by atoms with Crippen LogP contribution in [0.3, 0.4) is 0 Å². The van der Waals surface area contributed by atoms with Crippen molar-refractivity contribution in [3.8, 4) is 16.9 Å². The molecule has 4 rings (SSSR count). The van der Waals surface area contributed by atoms with Crippen LogP contribution in [0.25, 0.3) is 11.1 Å². The predicted molar refractivity (Wildman–Crippen MR) is 139 cm³/mol. The lowest BCUT2D eigenvalue weighted by molar-refractivity contribution is -0.533. The third-order valence-corrected chi connectivity index (χ3v) is 6.43. The van der Waals surface area contributed by atoms with Gasteiger partial charge in [-0.25, -0.2) is 28.1 Å². The first kappa shape index (κ1) is 26.6. The van der Waals surface area contributed by atoms with E-state index in [9.17, 15) is 13.2 Å². The van der Waals surface area contributed by atoms with Crippen LogP contribution in [-0.2, 0) is 6.42 Å². The van der Waals surface area contributed by atoms with Crippen LogP contribution in [0, 0.1) is 23.4 Å². The first-order valence-electron chi connectivity index (χ1n) is 12.7. The number of nitrogens with zero attached hydrogens (tertiary/aromatic N) is 3. The second-order valence-corrected chi connectivity index (χ2v) is 10.5. The van der Waals surface area contributed by atoms with Crippen molar-refractivity contribution in [3.63, 3.8) is 0 Å². The Morgan fingerprint density at radius 3 is 2.22 bits per heavy atom. The molecule has 1 fully saturated rings. The van der Waals surface area contributed by atoms with E-state index in [-0.39, 0.29) is 29.2 Å². The van der Waals surface area contributed by atoms with Gasteiger partial charge in [0, 0.05) is 36.6 Å². The molecule has 0 saturated carbocycles. The maximum Gasteiger partial charge on any atom is 0.225 e. The minimum absolute atomic E-state index is 0.123. The molecule has 2 heterocycles. The molecule has 0 atom stereocenters. The molecule has 0 radical (unpaired) electrons. The molecule has 1 aliphatic heterocycles. The number of rotatable bonds is 7. The van der Waals surface area contributed by atoms with Gasteiger partial charge in [0.25, 0.3) is 0 Å². The van der Waals surface area contributed by atoms with E-state index >= 15 is 0 Å². The van der Waals surface area contributed by atoms with E-state index in [1.807, 2.05) is 33.2 Å². The van der Waals surface area contributed by atoms with Crippen LogP contribution in [0.5, 0.6) is 5.75 Å². The minimum Gasteiger partial charge on any atom is -0.487 e. The molecule has 0 aliphatic carbocycles. The fourth-order valence-electron chi connectivity index (χ4n) is 4.20. The molecular formula is C29H34F3N4O+. The normalized spacial score (nSPS) is 14.9. The van der Waals surface area contributed by atoms with Crippen LogP contribution in [-0.4, -0.2) is 41.4 Å². The zero-order valence-electron chi connectivity index (χ0n) is 21.8. The average molecular weight is 512 g/mol. The zero-order valence-corrected chi connectivity index (χ0v) is 21.8. The van der Waals surface area contributed by atoms with Crippen LogP contribution < -0.4 is 14.6 Å². The summed E-state index contributed by atoms with van der Waals surface area (Å²) in [5.41, 5.74) is 1.81. The standard InChI is InChI=1S/C29H33F3N4O/c1-5-19-15-33-28(34-16-19)36-10-8-20(9-11-36)18-37-27-25(31)13-22(14-26(27)32)23-7-6-21(12-24(23)30)17-35-29(2,3)4/h6-7,12-17,20H,5,8-11,18H2,1-4H3/p+1. The van der Waals surface area contributed by atoms with Crippen LogP contribution in [0.4, 0.5) is 19.1 Å². The molecule has 196 valence electrons. The Bertz CT molecular complexity index is 1220. The number of halogens is 3. The van der Waals surface area contributed by atoms with Crippen molar-refractivity contribution >= 4 is 12.2 Å². The Kier molecular flexibility index (Phi) is 8.15. The molecule has 1 N–H and O–H groups in total. The number of benzene rings is 2. The van der Waals surface area contributed by atoms with Crippen molar-refractivity contribution in [2.45, 2.75) is 52.5 Å². The van der Waals surface area contributed by atoms with E-state index in [0.29, 0.717) is 11.5 Å². The van der Waals surface area contributed by atoms with E-state index < -0.39 is 23.2 Å². The molecule has 37 heavy (non-hydrogen) atoms. The lowest BCUT2D eigenvalue weighted by atomic mass is 9.98. The van der Waals surface area contributed by atoms with Crippen LogP contribution in [0.15, 0.2) is 42.7 Å². The van der Waals surface area contributed by atoms with Crippen molar-refractivity contribution in [1.82, 2.24) is 9.97 Å². The molecule has 0 amide bonds. The maximum absolute atomic E-state index is 14.8. The van der Waals surface area contributed by atoms with Crippen LogP contribution in [0.1, 0.15) is 51.7 Å². The number of aryl methyl sites for hydroxylation is 1. The monoisotopic (exact) mass is 511 g/mol. The summed E-state index contributed by atoms with van der Waals surface area (Å²) in [7, 11) is 0. The van der Waals surface area contributed by atoms with Crippen molar-refractivity contribution in [2.75, 3.05) is 24.6 Å². The van der Waals surface area contributed by atoms with Gasteiger partial charge in [0.05, 0.1) is 6.61 Å². The minimum atomic E-state index is -0.846. The van der Waals surface area contributed by atoms with E-state index in [1.54, 1.807) is 12.3 Å². The molecular weight excluding hydrogens is 477 g/mol. The average Bonchev–Trinajstić information content (AvgIpc) is 2.87. The number of piperidine rings is 1. The second kappa shape index (κ2) is 11.3. The summed E-state index contributed by atoms with van der Waals surface area (Å²) < 4.78 is 50.0. The summed E-state index contributed by atoms with van der Waals surface area (Å²) in [5, 5.41) is 0. The smallest absolute Gasteiger partial charge is 0.225 e. The molecule has 0 bridgehead atoms. The van der Waals surface area contributed by atoms with Gasteiger partial charge >= 0.3 is 0 Å². The summed E-state index contributed by atoms with van der Waals surface area (Å²) in [6, 6.07) is 6.80. The maximum atomic E-state index is 14.8. The zero-order chi connectivity index (χ0) is 26.6. The van der Waals surface area contributed by atoms with Crippen molar-refractivity contribution in [1.29, 1.82) is 0 Å². The number of hydrogen-bond donors (Lipinski definition) is 1. The Hall–Kier alpha value is -3.42. The van der Waals surface area contributed by atoms with Gasteiger partial charge in [-0.3, -0.25) is 0 Å². The summed E-state index contributed by atoms with van der Waals surface area (Å²) >= 11 is 0. The first-order chi connectivity index (χ1) is 17.6. The Morgan fingerprint density at radius 1 is 1.00 bits per heavy atom. The molecule has 0 unspecified atom stereocenters. The molecule has 1 aliphatic rings. The number of nitrogens with one attached hydrogen (secondary N) is 1. The van der Waals surface area contributed by atoms with E-state index in [1.165, 1.54) is 12.1 Å². The van der Waals surface area contributed by atoms with Gasteiger partial charge in [0.2, 0.25) is 5.95 Å². The summed E-state index contributed by atoms with van der Waals surface area (Å²) in [5.74, 6) is -1.82. The molecule has 0 spiro atoms. The summed E-state index contributed by atoms with van der Waals surface area (Å²) in [6.45, 7) is 9.75. The van der Waals surface area contributed by atoms with Gasteiger partial charge < -0.3 is 9.64 Å². The van der Waals surface area contributed by atoms with Gasteiger partial charge in [0.1, 0.15) is 5.82 Å². The fourth-order valence-corrected chi connectivity index (χ4v) is 4.20. The highest BCUT2D eigenvalue weighted by atomic mass is 19.1. The van der Waals surface area contributed by atoms with Crippen LogP contribution in [0.2, 0.25) is 0 Å². The Balaban J connectivity index is 1.37. The highest BCUT2D eigenvalue weighted by Crippen LogP contribution is 2.31. The van der Waals surface area contributed by atoms with E-state index in [4.69, 9.17) is 4.74 Å². The van der Waals surface area contributed by atoms with Gasteiger partial charge in [-0.1, -0.05) is 13.0 Å². The van der Waals surface area contributed by atoms with Gasteiger partial charge in [0.15, 0.2) is 29.1 Å². The quantitative estimate of drug-likeness (QED) is 0.467. The largest absolute Gasteiger partial charge is 0.487 e. The van der Waals surface area contributed by atoms with Crippen molar-refractivity contribution in [3.05, 3.63) is 71.3 Å². The number of anilines is 1. The predicted octanol–water partition coefficient (Wildman–Crippen LogP) is 4.72. The molecule has 2 aromatic carbocycles. The lowest BCUT2D eigenvalue weighted by Crippen LogP contribution is -2.81. The third-order valence-electron chi connectivity index (χ3n) is 6.43. The fraction of sp³-hybridized carbons (Fsp3) is 0.414. The van der Waals surface area contributed by atoms with Gasteiger partial charge in [-0.15, -0.1) is 0 Å². The molecule has 3 aromatic rings. The third kappa shape index (κ3) is 6.87. The van der Waals surface area contributed by atoms with Crippen molar-refractivity contribution < 1.29 is 22.9 Å². The van der Waals surface area contributed by atoms with Gasteiger partial charge in [-0.2, -0.15) is 0 Å². The summed E-state index contributed by atoms with van der Waals surface area (Å²) in [4.78, 5) is 14.1. The second-order valence-electron chi connectivity index (χ2n) is 10.5. The highest BCUT2D eigenvalue weighted by molar-refractivity contribution is 5.77. The molecule has 5 nitrogen and oxygen atoms in total. The van der Waals surface area contributed by atoms with E-state index in [0.717, 1.165) is 50.0 Å². The summed E-state index contributed by atoms with van der Waals surface area (Å²) in [6.07, 6.45) is 7.90. The number of ether oxygens (including phenoxy) is 1. The van der Waals surface area contributed by atoms with E-state index in [2.05, 4.69) is 26.8 Å². The lowest BCUT2D eigenvalue weighted by Gasteiger charge is -2.31. The SMILES string of the molecule is CCc1cnc(N2CCC(COc3c(F)cc(-c4ccc(C=[NH+]C(C)(C)C)cc4F)cc3F)CC2)nc1. The highest BCUT2D eigenvalue weighted by Gasteiger charge is 2.23. The Morgan fingerprint density at radius 2 is 1.65 bits per heavy atom. The number of hydrogen-bond acceptors (Lipinski definition) is 4. The molecule has 1 aromatic heterocycles. The van der Waals surface area contributed by atoms with Crippen molar-refractivity contribution in [2.24, 2.45) is 5.92 Å².